The number of carbonyl (C=O) groups excluding carboxylic acids is 3. The fourth-order valence-corrected chi connectivity index (χ4v) is 5.06. The molecule has 0 atom stereocenters. The molecular weight excluding hydrogens is 568 g/mol. The molecule has 15 heteroatoms. The number of para-hydroxylation sites is 1. The second-order valence-corrected chi connectivity index (χ2v) is 10.8. The minimum absolute atomic E-state index is 0.0731. The smallest absolute Gasteiger partial charge is 0.314 e. The molecule has 3 aromatic rings. The van der Waals surface area contributed by atoms with Crippen molar-refractivity contribution in [2.45, 2.75) is 26.7 Å². The van der Waals surface area contributed by atoms with Crippen LogP contribution < -0.4 is 26.4 Å². The molecule has 212 valence electrons. The number of aryl methyl sites for hydroxylation is 1. The lowest BCUT2D eigenvalue weighted by atomic mass is 10.2. The van der Waals surface area contributed by atoms with E-state index in [1.54, 1.807) is 13.0 Å². The Morgan fingerprint density at radius 2 is 1.83 bits per heavy atom. The monoisotopic (exact) mass is 594 g/mol. The number of rotatable bonds is 8. The zero-order valence-corrected chi connectivity index (χ0v) is 23.9. The van der Waals surface area contributed by atoms with Crippen LogP contribution in [0.15, 0.2) is 24.4 Å². The van der Waals surface area contributed by atoms with Crippen molar-refractivity contribution in [3.8, 4) is 11.8 Å². The average Bonchev–Trinajstić information content (AvgIpc) is 3.72. The third-order valence-electron chi connectivity index (χ3n) is 6.36. The van der Waals surface area contributed by atoms with Gasteiger partial charge in [-0.1, -0.05) is 41.0 Å². The first-order valence-corrected chi connectivity index (χ1v) is 14.1. The molecule has 1 saturated carbocycles. The van der Waals surface area contributed by atoms with Gasteiger partial charge < -0.3 is 15.1 Å². The van der Waals surface area contributed by atoms with Gasteiger partial charge in [0.25, 0.3) is 5.91 Å². The first-order chi connectivity index (χ1) is 19.8. The molecule has 5 rings (SSSR count). The minimum atomic E-state index is -0.555. The van der Waals surface area contributed by atoms with E-state index in [4.69, 9.17) is 11.6 Å². The second-order valence-electron chi connectivity index (χ2n) is 9.36. The third kappa shape index (κ3) is 7.00. The molecule has 0 bridgehead atoms. The van der Waals surface area contributed by atoms with Crippen LogP contribution in [0.5, 0.6) is 0 Å². The summed E-state index contributed by atoms with van der Waals surface area (Å²) in [5.74, 6) is 4.91. The number of hydrogen-bond acceptors (Lipinski definition) is 11. The van der Waals surface area contributed by atoms with Crippen molar-refractivity contribution in [3.05, 3.63) is 39.9 Å². The molecule has 1 aliphatic carbocycles. The van der Waals surface area contributed by atoms with Gasteiger partial charge in [0.05, 0.1) is 16.9 Å². The molecule has 13 nitrogen and oxygen atoms in total. The summed E-state index contributed by atoms with van der Waals surface area (Å²) >= 11 is 7.35. The zero-order chi connectivity index (χ0) is 28.9. The number of benzene rings is 1. The molecule has 1 aliphatic heterocycles. The van der Waals surface area contributed by atoms with E-state index in [9.17, 15) is 14.4 Å². The van der Waals surface area contributed by atoms with Gasteiger partial charge in [0.2, 0.25) is 23.8 Å². The fraction of sp³-hybridized carbons (Fsp3) is 0.346. The summed E-state index contributed by atoms with van der Waals surface area (Å²) in [6.45, 7) is 5.61. The summed E-state index contributed by atoms with van der Waals surface area (Å²) in [4.78, 5) is 58.9. The molecule has 41 heavy (non-hydrogen) atoms. The Bertz CT molecular complexity index is 1520. The van der Waals surface area contributed by atoms with E-state index in [2.05, 4.69) is 53.3 Å². The molecule has 2 aromatic heterocycles. The SMILES string of the molecule is CC#CC(=O)NNc1nc(Nc2ncc(C(=O)Nc3c(C)cccc3Cl)s2)nc(N2CCN(C(=O)C3CC3)CC2)n1. The summed E-state index contributed by atoms with van der Waals surface area (Å²) < 4.78 is 0. The Labute approximate surface area is 245 Å². The van der Waals surface area contributed by atoms with Crippen molar-refractivity contribution in [2.75, 3.05) is 47.1 Å². The maximum atomic E-state index is 12.9. The van der Waals surface area contributed by atoms with Gasteiger partial charge in [0, 0.05) is 32.1 Å². The summed E-state index contributed by atoms with van der Waals surface area (Å²) in [6, 6.07) is 5.37. The molecule has 4 N–H and O–H groups in total. The van der Waals surface area contributed by atoms with Crippen molar-refractivity contribution in [3.63, 3.8) is 0 Å². The van der Waals surface area contributed by atoms with Crippen LogP contribution in [0.1, 0.15) is 35.0 Å². The predicted molar refractivity (Wildman–Crippen MR) is 156 cm³/mol. The highest BCUT2D eigenvalue weighted by Gasteiger charge is 2.35. The van der Waals surface area contributed by atoms with E-state index in [1.807, 2.05) is 28.9 Å². The number of piperazine rings is 1. The van der Waals surface area contributed by atoms with Crippen LogP contribution in [0.25, 0.3) is 0 Å². The number of halogens is 1. The Kier molecular flexibility index (Phi) is 8.46. The van der Waals surface area contributed by atoms with Gasteiger partial charge in [0.1, 0.15) is 4.88 Å². The van der Waals surface area contributed by atoms with Crippen molar-refractivity contribution in [1.82, 2.24) is 30.3 Å². The van der Waals surface area contributed by atoms with E-state index >= 15 is 0 Å². The normalized spacial score (nSPS) is 14.5. The van der Waals surface area contributed by atoms with Gasteiger partial charge in [-0.05, 0) is 44.2 Å². The summed E-state index contributed by atoms with van der Waals surface area (Å²) in [5, 5.41) is 6.65. The number of hydrazine groups is 1. The van der Waals surface area contributed by atoms with Gasteiger partial charge in [-0.15, -0.1) is 0 Å². The molecule has 1 saturated heterocycles. The minimum Gasteiger partial charge on any atom is -0.339 e. The van der Waals surface area contributed by atoms with Crippen molar-refractivity contribution in [2.24, 2.45) is 5.92 Å². The first-order valence-electron chi connectivity index (χ1n) is 12.9. The molecule has 3 amide bonds. The molecule has 2 fully saturated rings. The molecule has 1 aromatic carbocycles. The number of aromatic nitrogens is 4. The lowest BCUT2D eigenvalue weighted by molar-refractivity contribution is -0.132. The lowest BCUT2D eigenvalue weighted by Crippen LogP contribution is -2.49. The zero-order valence-electron chi connectivity index (χ0n) is 22.3. The number of amides is 3. The van der Waals surface area contributed by atoms with E-state index < -0.39 is 5.91 Å². The van der Waals surface area contributed by atoms with Gasteiger partial charge in [-0.3, -0.25) is 30.6 Å². The van der Waals surface area contributed by atoms with Gasteiger partial charge >= 0.3 is 5.91 Å². The van der Waals surface area contributed by atoms with Crippen LogP contribution in [0, 0.1) is 24.7 Å². The molecule has 3 heterocycles. The average molecular weight is 595 g/mol. The number of nitrogens with zero attached hydrogens (tertiary/aromatic N) is 6. The standard InChI is InChI=1S/C26H27ClN10O3S/c1-3-5-19(38)34-35-24-30-23(31-25(32-24)37-12-10-36(11-13-37)22(40)16-8-9-16)33-26-28-14-18(41-26)21(39)29-20-15(2)6-4-7-17(20)27/h4,6-7,14,16H,8-13H2,1-2H3,(H,29,39)(H,34,38)(H2,28,30,31,32,33,35). The number of hydrogen-bond donors (Lipinski definition) is 4. The van der Waals surface area contributed by atoms with E-state index in [0.717, 1.165) is 29.7 Å². The lowest BCUT2D eigenvalue weighted by Gasteiger charge is -2.35. The highest BCUT2D eigenvalue weighted by atomic mass is 35.5. The van der Waals surface area contributed by atoms with Gasteiger partial charge in [-0.2, -0.15) is 15.0 Å². The van der Waals surface area contributed by atoms with Crippen LogP contribution >= 0.6 is 22.9 Å². The van der Waals surface area contributed by atoms with Gasteiger partial charge in [0.15, 0.2) is 5.13 Å². The third-order valence-corrected chi connectivity index (χ3v) is 7.59. The van der Waals surface area contributed by atoms with Crippen LogP contribution in [-0.2, 0) is 9.59 Å². The second kappa shape index (κ2) is 12.4. The number of thiazole rings is 1. The number of carbonyl (C=O) groups is 3. The number of anilines is 5. The largest absolute Gasteiger partial charge is 0.339 e. The Morgan fingerprint density at radius 1 is 1.07 bits per heavy atom. The highest BCUT2D eigenvalue weighted by Crippen LogP contribution is 2.32. The molecule has 0 radical (unpaired) electrons. The highest BCUT2D eigenvalue weighted by molar-refractivity contribution is 7.17. The topological polar surface area (TPSA) is 157 Å². The van der Waals surface area contributed by atoms with Crippen molar-refractivity contribution in [1.29, 1.82) is 0 Å². The van der Waals surface area contributed by atoms with Crippen LogP contribution in [-0.4, -0.2) is 68.7 Å². The first kappa shape index (κ1) is 28.1. The van der Waals surface area contributed by atoms with Crippen LogP contribution in [0.2, 0.25) is 5.02 Å². The number of nitrogens with one attached hydrogen (secondary N) is 4. The predicted octanol–water partition coefficient (Wildman–Crippen LogP) is 2.81. The maximum Gasteiger partial charge on any atom is 0.314 e. The van der Waals surface area contributed by atoms with Crippen LogP contribution in [0.4, 0.5) is 28.7 Å². The molecular formula is C26H27ClN10O3S. The Balaban J connectivity index is 1.31. The molecule has 0 unspecified atom stereocenters. The molecule has 0 spiro atoms. The quantitative estimate of drug-likeness (QED) is 0.226. The van der Waals surface area contributed by atoms with E-state index in [-0.39, 0.29) is 29.6 Å². The van der Waals surface area contributed by atoms with Crippen LogP contribution in [0.3, 0.4) is 0 Å². The summed E-state index contributed by atoms with van der Waals surface area (Å²) in [5.41, 5.74) is 6.45. The molecule has 2 aliphatic rings. The maximum absolute atomic E-state index is 12.9. The Morgan fingerprint density at radius 3 is 2.54 bits per heavy atom. The summed E-state index contributed by atoms with van der Waals surface area (Å²) in [7, 11) is 0. The van der Waals surface area contributed by atoms with E-state index in [1.165, 1.54) is 6.20 Å². The summed E-state index contributed by atoms with van der Waals surface area (Å²) in [6.07, 6.45) is 3.37. The van der Waals surface area contributed by atoms with Crippen molar-refractivity contribution < 1.29 is 14.4 Å². The fourth-order valence-electron chi connectivity index (χ4n) is 4.09. The van der Waals surface area contributed by atoms with Crippen molar-refractivity contribution >= 4 is 69.3 Å². The van der Waals surface area contributed by atoms with E-state index in [0.29, 0.717) is 52.8 Å². The Hall–Kier alpha value is -4.48. The van der Waals surface area contributed by atoms with Gasteiger partial charge in [-0.25, -0.2) is 4.98 Å².